The van der Waals surface area contributed by atoms with Crippen molar-refractivity contribution in [3.8, 4) is 5.75 Å². The van der Waals surface area contributed by atoms with Gasteiger partial charge in [-0.1, -0.05) is 58.6 Å². The molecule has 4 unspecified atom stereocenters. The van der Waals surface area contributed by atoms with E-state index in [4.69, 9.17) is 23.7 Å². The molecular formula is C29H46O7. The third kappa shape index (κ3) is 10.1. The Morgan fingerprint density at radius 1 is 1.08 bits per heavy atom. The van der Waals surface area contributed by atoms with Gasteiger partial charge >= 0.3 is 11.9 Å². The van der Waals surface area contributed by atoms with Crippen molar-refractivity contribution in [2.75, 3.05) is 27.6 Å². The fourth-order valence-electron chi connectivity index (χ4n) is 4.96. The number of ether oxygens (including phenoxy) is 5. The van der Waals surface area contributed by atoms with Gasteiger partial charge in [-0.05, 0) is 42.7 Å². The lowest BCUT2D eigenvalue weighted by molar-refractivity contribution is -0.144. The molecule has 2 rings (SSSR count). The number of unbranched alkanes of at least 4 members (excludes halogenated alkanes) is 4. The van der Waals surface area contributed by atoms with Gasteiger partial charge in [0.2, 0.25) is 0 Å². The number of hydrogen-bond acceptors (Lipinski definition) is 7. The zero-order valence-electron chi connectivity index (χ0n) is 22.9. The monoisotopic (exact) mass is 506 g/mol. The molecule has 4 atom stereocenters. The molecule has 1 heterocycles. The lowest BCUT2D eigenvalue weighted by Gasteiger charge is -2.29. The molecule has 0 aromatic heterocycles. The number of methoxy groups -OCH3 is 2. The van der Waals surface area contributed by atoms with E-state index in [2.05, 4.69) is 20.8 Å². The molecule has 0 amide bonds. The number of carbonyl (C=O) groups excluding carboxylic acids is 2. The summed E-state index contributed by atoms with van der Waals surface area (Å²) in [6.07, 6.45) is 7.78. The largest absolute Gasteiger partial charge is 0.496 e. The van der Waals surface area contributed by atoms with Crippen LogP contribution in [0.1, 0.15) is 94.5 Å². The second-order valence-corrected chi connectivity index (χ2v) is 10.1. The maximum absolute atomic E-state index is 13.4. The molecule has 0 N–H and O–H groups in total. The van der Waals surface area contributed by atoms with E-state index in [0.717, 1.165) is 37.7 Å². The predicted molar refractivity (Wildman–Crippen MR) is 139 cm³/mol. The standard InChI is InChI=1S/C29H46O7/c1-6-7-8-9-10-14-27(30)34-16-15-24-19-26(35-20-32-4)22(3)17-21(2)18-23-12-11-13-25(33-5)28(23)29(31)36-24/h11-13,21-22,24,26H,6-10,14-20H2,1-5H3. The molecular weight excluding hydrogens is 460 g/mol. The zero-order valence-corrected chi connectivity index (χ0v) is 22.9. The Labute approximate surface area is 217 Å². The summed E-state index contributed by atoms with van der Waals surface area (Å²) in [7, 11) is 3.16. The Morgan fingerprint density at radius 2 is 1.86 bits per heavy atom. The molecule has 1 aromatic rings. The second-order valence-electron chi connectivity index (χ2n) is 10.1. The molecule has 1 aliphatic rings. The Balaban J connectivity index is 2.13. The summed E-state index contributed by atoms with van der Waals surface area (Å²) in [5, 5.41) is 0. The van der Waals surface area contributed by atoms with Crippen molar-refractivity contribution in [2.45, 2.75) is 97.2 Å². The summed E-state index contributed by atoms with van der Waals surface area (Å²) in [5.74, 6) is 0.464. The van der Waals surface area contributed by atoms with E-state index >= 15 is 0 Å². The minimum absolute atomic E-state index is 0.150. The molecule has 0 saturated heterocycles. The first-order valence-electron chi connectivity index (χ1n) is 13.5. The summed E-state index contributed by atoms with van der Waals surface area (Å²) in [4.78, 5) is 25.6. The first-order chi connectivity index (χ1) is 17.4. The van der Waals surface area contributed by atoms with Gasteiger partial charge in [0.15, 0.2) is 0 Å². The summed E-state index contributed by atoms with van der Waals surface area (Å²) in [6, 6.07) is 5.66. The molecule has 0 saturated carbocycles. The molecule has 36 heavy (non-hydrogen) atoms. The van der Waals surface area contributed by atoms with Crippen molar-refractivity contribution >= 4 is 11.9 Å². The predicted octanol–water partition coefficient (Wildman–Crippen LogP) is 6.11. The van der Waals surface area contributed by atoms with Crippen LogP contribution >= 0.6 is 0 Å². The summed E-state index contributed by atoms with van der Waals surface area (Å²) in [5.41, 5.74) is 1.40. The van der Waals surface area contributed by atoms with Gasteiger partial charge in [-0.25, -0.2) is 4.79 Å². The van der Waals surface area contributed by atoms with Gasteiger partial charge in [0, 0.05) is 26.4 Å². The highest BCUT2D eigenvalue weighted by Gasteiger charge is 2.30. The molecule has 0 bridgehead atoms. The van der Waals surface area contributed by atoms with E-state index in [9.17, 15) is 9.59 Å². The van der Waals surface area contributed by atoms with Crippen molar-refractivity contribution in [1.29, 1.82) is 0 Å². The van der Waals surface area contributed by atoms with Gasteiger partial charge in [-0.2, -0.15) is 0 Å². The van der Waals surface area contributed by atoms with Crippen molar-refractivity contribution in [1.82, 2.24) is 0 Å². The fourth-order valence-corrected chi connectivity index (χ4v) is 4.96. The van der Waals surface area contributed by atoms with Gasteiger partial charge < -0.3 is 23.7 Å². The van der Waals surface area contributed by atoms with Crippen LogP contribution in [0, 0.1) is 11.8 Å². The van der Waals surface area contributed by atoms with Crippen molar-refractivity contribution < 1.29 is 33.3 Å². The lowest BCUT2D eigenvalue weighted by atomic mass is 9.86. The Kier molecular flexibility index (Phi) is 13.9. The average molecular weight is 507 g/mol. The Hall–Kier alpha value is -2.12. The van der Waals surface area contributed by atoms with Crippen LogP contribution in [0.2, 0.25) is 0 Å². The molecule has 7 nitrogen and oxygen atoms in total. The SMILES string of the molecule is CCCCCCCC(=O)OCCC1CC(OCOC)C(C)CC(C)Cc2cccc(OC)c2C(=O)O1. The minimum atomic E-state index is -0.467. The van der Waals surface area contributed by atoms with Crippen LogP contribution in [0.4, 0.5) is 0 Å². The first kappa shape index (κ1) is 30.1. The third-order valence-electron chi connectivity index (χ3n) is 6.87. The number of carbonyl (C=O) groups is 2. The summed E-state index contributed by atoms with van der Waals surface area (Å²) in [6.45, 7) is 6.90. The summed E-state index contributed by atoms with van der Waals surface area (Å²) < 4.78 is 28.2. The van der Waals surface area contributed by atoms with Crippen LogP contribution < -0.4 is 4.74 Å². The number of rotatable bonds is 13. The van der Waals surface area contributed by atoms with Crippen LogP contribution in [-0.4, -0.2) is 51.8 Å². The van der Waals surface area contributed by atoms with Gasteiger partial charge in [-0.3, -0.25) is 4.79 Å². The highest BCUT2D eigenvalue weighted by Crippen LogP contribution is 2.31. The number of esters is 2. The Morgan fingerprint density at radius 3 is 2.58 bits per heavy atom. The quantitative estimate of drug-likeness (QED) is 0.181. The molecule has 7 heteroatoms. The van der Waals surface area contributed by atoms with Gasteiger partial charge in [0.1, 0.15) is 24.2 Å². The van der Waals surface area contributed by atoms with E-state index in [1.54, 1.807) is 20.3 Å². The van der Waals surface area contributed by atoms with E-state index in [-0.39, 0.29) is 31.4 Å². The highest BCUT2D eigenvalue weighted by molar-refractivity contribution is 5.94. The zero-order chi connectivity index (χ0) is 26.3. The van der Waals surface area contributed by atoms with Crippen LogP contribution in [0.25, 0.3) is 0 Å². The van der Waals surface area contributed by atoms with E-state index < -0.39 is 12.1 Å². The van der Waals surface area contributed by atoms with Crippen LogP contribution in [0.15, 0.2) is 18.2 Å². The van der Waals surface area contributed by atoms with Gasteiger partial charge in [-0.15, -0.1) is 0 Å². The van der Waals surface area contributed by atoms with Gasteiger partial charge in [0.05, 0.1) is 19.8 Å². The van der Waals surface area contributed by atoms with E-state index in [1.807, 2.05) is 12.1 Å². The Bertz CT molecular complexity index is 794. The number of cyclic esters (lactones) is 1. The van der Waals surface area contributed by atoms with Crippen LogP contribution in [0.5, 0.6) is 5.75 Å². The number of benzene rings is 1. The fraction of sp³-hybridized carbons (Fsp3) is 0.724. The van der Waals surface area contributed by atoms with E-state index in [0.29, 0.717) is 36.5 Å². The van der Waals surface area contributed by atoms with E-state index in [1.165, 1.54) is 12.8 Å². The molecule has 0 radical (unpaired) electrons. The van der Waals surface area contributed by atoms with Crippen molar-refractivity contribution in [3.63, 3.8) is 0 Å². The van der Waals surface area contributed by atoms with Gasteiger partial charge in [0.25, 0.3) is 0 Å². The average Bonchev–Trinajstić information content (AvgIpc) is 2.86. The number of hydrogen-bond donors (Lipinski definition) is 0. The maximum atomic E-state index is 13.4. The lowest BCUT2D eigenvalue weighted by Crippen LogP contribution is -2.32. The topological polar surface area (TPSA) is 80.3 Å². The maximum Gasteiger partial charge on any atom is 0.342 e. The summed E-state index contributed by atoms with van der Waals surface area (Å²) >= 11 is 0. The van der Waals surface area contributed by atoms with Crippen LogP contribution in [-0.2, 0) is 30.2 Å². The van der Waals surface area contributed by atoms with Crippen molar-refractivity contribution in [2.24, 2.45) is 11.8 Å². The minimum Gasteiger partial charge on any atom is -0.496 e. The normalized spacial score (nSPS) is 22.8. The van der Waals surface area contributed by atoms with Crippen LogP contribution in [0.3, 0.4) is 0 Å². The van der Waals surface area contributed by atoms with Crippen molar-refractivity contribution in [3.05, 3.63) is 29.3 Å². The highest BCUT2D eigenvalue weighted by atomic mass is 16.7. The molecule has 0 fully saturated rings. The molecule has 1 aliphatic heterocycles. The first-order valence-corrected chi connectivity index (χ1v) is 13.5. The molecule has 0 aliphatic carbocycles. The smallest absolute Gasteiger partial charge is 0.342 e. The second kappa shape index (κ2) is 16.6. The molecule has 0 spiro atoms. The number of fused-ring (bicyclic) bond motifs is 1. The third-order valence-corrected chi connectivity index (χ3v) is 6.87. The molecule has 1 aromatic carbocycles. The molecule has 204 valence electrons.